The fraction of sp³-hybridized carbons (Fsp3) is 0.132. The van der Waals surface area contributed by atoms with Crippen molar-refractivity contribution in [1.29, 1.82) is 5.26 Å². The van der Waals surface area contributed by atoms with Crippen LogP contribution in [0.2, 0.25) is 0 Å². The maximum absolute atomic E-state index is 9.75. The third kappa shape index (κ3) is 4.31. The molecule has 0 fully saturated rings. The monoisotopic (exact) mass is 516 g/mol. The topological polar surface area (TPSA) is 28.7 Å². The molecular weight excluding hydrogens is 484 g/mol. The van der Waals surface area contributed by atoms with Crippen LogP contribution in [0.1, 0.15) is 40.3 Å². The summed E-state index contributed by atoms with van der Waals surface area (Å²) in [6, 6.07) is 35.2. The number of nitrogens with zero attached hydrogens (tertiary/aromatic N) is 2. The second-order valence-electron chi connectivity index (χ2n) is 10.8. The number of benzene rings is 5. The lowest BCUT2D eigenvalue weighted by Gasteiger charge is -2.13. The Morgan fingerprint density at radius 2 is 1.18 bits per heavy atom. The third-order valence-corrected chi connectivity index (χ3v) is 7.90. The number of aryl methyl sites for hydroxylation is 4. The van der Waals surface area contributed by atoms with Gasteiger partial charge in [-0.1, -0.05) is 77.9 Å². The van der Waals surface area contributed by atoms with Crippen molar-refractivity contribution >= 4 is 27.9 Å². The highest BCUT2D eigenvalue weighted by Gasteiger charge is 2.17. The summed E-state index contributed by atoms with van der Waals surface area (Å²) >= 11 is 0. The van der Waals surface area contributed by atoms with E-state index in [2.05, 4.69) is 123 Å². The Bertz CT molecular complexity index is 1900. The smallest absolute Gasteiger partial charge is 0.0992 e. The number of hydrogen-bond acceptors (Lipinski definition) is 1. The zero-order valence-corrected chi connectivity index (χ0v) is 23.7. The van der Waals surface area contributed by atoms with Crippen LogP contribution in [0.25, 0.3) is 55.8 Å². The van der Waals surface area contributed by atoms with Crippen molar-refractivity contribution in [2.75, 3.05) is 0 Å². The van der Waals surface area contributed by atoms with Gasteiger partial charge in [0.05, 0.1) is 28.4 Å². The van der Waals surface area contributed by atoms with Crippen molar-refractivity contribution in [3.63, 3.8) is 0 Å². The van der Waals surface area contributed by atoms with Crippen molar-refractivity contribution in [2.45, 2.75) is 34.6 Å². The van der Waals surface area contributed by atoms with Gasteiger partial charge in [-0.2, -0.15) is 5.26 Å². The van der Waals surface area contributed by atoms with Gasteiger partial charge >= 0.3 is 0 Å². The van der Waals surface area contributed by atoms with Gasteiger partial charge in [0.2, 0.25) is 0 Å². The van der Waals surface area contributed by atoms with E-state index in [1.165, 1.54) is 55.3 Å². The van der Waals surface area contributed by atoms with E-state index in [0.717, 1.165) is 22.3 Å². The van der Waals surface area contributed by atoms with Crippen LogP contribution in [0.3, 0.4) is 0 Å². The Hall–Kier alpha value is -4.87. The first-order chi connectivity index (χ1) is 19.4. The summed E-state index contributed by atoms with van der Waals surface area (Å²) in [5, 5.41) is 12.1. The molecule has 0 aliphatic rings. The van der Waals surface area contributed by atoms with E-state index in [-0.39, 0.29) is 0 Å². The van der Waals surface area contributed by atoms with Crippen LogP contribution in [0.4, 0.5) is 0 Å². The van der Waals surface area contributed by atoms with Crippen molar-refractivity contribution in [3.8, 4) is 34.0 Å². The highest BCUT2D eigenvalue weighted by atomic mass is 15.0. The van der Waals surface area contributed by atoms with Gasteiger partial charge in [0.15, 0.2) is 0 Å². The Morgan fingerprint density at radius 1 is 0.625 bits per heavy atom. The van der Waals surface area contributed by atoms with Gasteiger partial charge in [-0.05, 0) is 110 Å². The van der Waals surface area contributed by atoms with Gasteiger partial charge < -0.3 is 4.57 Å². The second kappa shape index (κ2) is 10.0. The molecule has 6 rings (SSSR count). The minimum Gasteiger partial charge on any atom is -0.309 e. The van der Waals surface area contributed by atoms with E-state index in [9.17, 15) is 5.26 Å². The summed E-state index contributed by atoms with van der Waals surface area (Å²) in [4.78, 5) is 0. The zero-order chi connectivity index (χ0) is 28.0. The Balaban J connectivity index is 1.70. The Labute approximate surface area is 236 Å². The van der Waals surface area contributed by atoms with Crippen LogP contribution in [-0.2, 0) is 0 Å². The molecule has 1 heterocycles. The fourth-order valence-corrected chi connectivity index (χ4v) is 6.02. The highest BCUT2D eigenvalue weighted by Crippen LogP contribution is 2.39. The number of nitriles is 1. The normalized spacial score (nSPS) is 11.5. The summed E-state index contributed by atoms with van der Waals surface area (Å²) in [7, 11) is 0. The molecule has 40 heavy (non-hydrogen) atoms. The van der Waals surface area contributed by atoms with Crippen LogP contribution < -0.4 is 0 Å². The van der Waals surface area contributed by atoms with E-state index in [0.29, 0.717) is 5.56 Å². The molecule has 0 atom stereocenters. The molecule has 0 aliphatic carbocycles. The average molecular weight is 517 g/mol. The zero-order valence-electron chi connectivity index (χ0n) is 23.7. The molecule has 0 aliphatic heterocycles. The van der Waals surface area contributed by atoms with Crippen LogP contribution in [0, 0.1) is 39.0 Å². The summed E-state index contributed by atoms with van der Waals surface area (Å²) in [6.45, 7) is 10.7. The standard InChI is InChI=1S/C38H32N2/c1-6-7-29-11-10-28(23-39)20-38(29)40-36-16-12-30(32-14-8-24(2)18-26(32)4)21-34(36)35-22-31(13-17-37(35)40)33-15-9-25(3)19-27(33)5/h6-22H,1-5H3/b7-6+. The second-order valence-corrected chi connectivity index (χ2v) is 10.8. The molecule has 2 heteroatoms. The van der Waals surface area contributed by atoms with Gasteiger partial charge in [-0.15, -0.1) is 0 Å². The molecule has 0 amide bonds. The molecule has 6 aromatic rings. The molecule has 5 aromatic carbocycles. The van der Waals surface area contributed by atoms with E-state index in [4.69, 9.17) is 0 Å². The van der Waals surface area contributed by atoms with Crippen LogP contribution >= 0.6 is 0 Å². The van der Waals surface area contributed by atoms with Gasteiger partial charge in [0, 0.05) is 10.8 Å². The van der Waals surface area contributed by atoms with Crippen molar-refractivity contribution in [2.24, 2.45) is 0 Å². The molecule has 0 unspecified atom stereocenters. The van der Waals surface area contributed by atoms with Crippen LogP contribution in [0.5, 0.6) is 0 Å². The molecule has 0 radical (unpaired) electrons. The molecule has 0 saturated carbocycles. The van der Waals surface area contributed by atoms with Crippen molar-refractivity contribution < 1.29 is 0 Å². The maximum atomic E-state index is 9.75. The molecule has 1 aromatic heterocycles. The predicted octanol–water partition coefficient (Wildman–Crippen LogP) is 10.3. The van der Waals surface area contributed by atoms with Gasteiger partial charge in [-0.25, -0.2) is 0 Å². The van der Waals surface area contributed by atoms with Crippen molar-refractivity contribution in [1.82, 2.24) is 4.57 Å². The molecule has 194 valence electrons. The minimum absolute atomic E-state index is 0.650. The first-order valence-electron chi connectivity index (χ1n) is 13.8. The average Bonchev–Trinajstić information content (AvgIpc) is 3.26. The van der Waals surface area contributed by atoms with Crippen LogP contribution in [0.15, 0.2) is 97.1 Å². The summed E-state index contributed by atoms with van der Waals surface area (Å²) < 4.78 is 2.32. The first-order valence-corrected chi connectivity index (χ1v) is 13.8. The SMILES string of the molecule is C/C=C/c1ccc(C#N)cc1-n1c2ccc(-c3ccc(C)cc3C)cc2c2cc(-c3ccc(C)cc3C)ccc21. The number of fused-ring (bicyclic) bond motifs is 3. The van der Waals surface area contributed by atoms with Gasteiger partial charge in [0.25, 0.3) is 0 Å². The predicted molar refractivity (Wildman–Crippen MR) is 170 cm³/mol. The largest absolute Gasteiger partial charge is 0.309 e. The highest BCUT2D eigenvalue weighted by molar-refractivity contribution is 6.12. The quantitative estimate of drug-likeness (QED) is 0.229. The van der Waals surface area contributed by atoms with Crippen LogP contribution in [-0.4, -0.2) is 4.57 Å². The fourth-order valence-electron chi connectivity index (χ4n) is 6.02. The number of allylic oxidation sites excluding steroid dienone is 1. The maximum Gasteiger partial charge on any atom is 0.0992 e. The van der Waals surface area contributed by atoms with Gasteiger partial charge in [-0.3, -0.25) is 0 Å². The molecule has 2 nitrogen and oxygen atoms in total. The lowest BCUT2D eigenvalue weighted by atomic mass is 9.95. The van der Waals surface area contributed by atoms with Crippen molar-refractivity contribution in [3.05, 3.63) is 130 Å². The molecular formula is C38H32N2. The summed E-state index contributed by atoms with van der Waals surface area (Å²) in [5.41, 5.74) is 15.0. The lowest BCUT2D eigenvalue weighted by molar-refractivity contribution is 1.17. The van der Waals surface area contributed by atoms with E-state index < -0.39 is 0 Å². The first kappa shape index (κ1) is 25.4. The summed E-state index contributed by atoms with van der Waals surface area (Å²) in [6.07, 6.45) is 4.16. The molecule has 0 spiro atoms. The lowest BCUT2D eigenvalue weighted by Crippen LogP contribution is -1.98. The molecule has 0 bridgehead atoms. The molecule has 0 saturated heterocycles. The Kier molecular flexibility index (Phi) is 6.37. The number of rotatable bonds is 4. The van der Waals surface area contributed by atoms with Gasteiger partial charge in [0.1, 0.15) is 0 Å². The van der Waals surface area contributed by atoms with E-state index in [1.807, 2.05) is 25.1 Å². The van der Waals surface area contributed by atoms with E-state index in [1.54, 1.807) is 0 Å². The third-order valence-electron chi connectivity index (χ3n) is 7.90. The number of hydrogen-bond donors (Lipinski definition) is 0. The van der Waals surface area contributed by atoms with E-state index >= 15 is 0 Å². The summed E-state index contributed by atoms with van der Waals surface area (Å²) in [5.74, 6) is 0. The Morgan fingerprint density at radius 3 is 1.65 bits per heavy atom. The number of aromatic nitrogens is 1. The molecule has 0 N–H and O–H groups in total. The minimum atomic E-state index is 0.650.